The van der Waals surface area contributed by atoms with Crippen LogP contribution in [0.1, 0.15) is 88.6 Å². The summed E-state index contributed by atoms with van der Waals surface area (Å²) in [6, 6.07) is 5.11. The molecule has 0 spiro atoms. The minimum Gasteiger partial charge on any atom is -0.490 e. The Morgan fingerprint density at radius 2 is 1.68 bits per heavy atom. The average molecular weight is 840 g/mol. The lowest BCUT2D eigenvalue weighted by molar-refractivity contribution is -0.136. The van der Waals surface area contributed by atoms with Crippen molar-refractivity contribution < 1.29 is 48.5 Å². The quantitative estimate of drug-likeness (QED) is 0.155. The molecule has 2 aromatic rings. The molecule has 5 amide bonds. The molecule has 0 radical (unpaired) electrons. The van der Waals surface area contributed by atoms with Gasteiger partial charge in [-0.1, -0.05) is 11.6 Å². The number of ether oxygens (including phenoxy) is 1. The van der Waals surface area contributed by atoms with Crippen LogP contribution in [0.3, 0.4) is 0 Å². The number of nitrogens with one attached hydrogen (secondary N) is 4. The van der Waals surface area contributed by atoms with Crippen LogP contribution in [-0.2, 0) is 14.4 Å². The summed E-state index contributed by atoms with van der Waals surface area (Å²) in [7, 11) is 0. The van der Waals surface area contributed by atoms with Crippen molar-refractivity contribution in [2.75, 3.05) is 50.5 Å². The van der Waals surface area contributed by atoms with E-state index in [-0.39, 0.29) is 77.6 Å². The second kappa shape index (κ2) is 17.6. The molecule has 310 valence electrons. The molecular formula is C41H44ClF2N9O6. The van der Waals surface area contributed by atoms with E-state index < -0.39 is 108 Å². The molecule has 59 heavy (non-hydrogen) atoms. The number of amides is 5. The third kappa shape index (κ3) is 8.98. The van der Waals surface area contributed by atoms with E-state index >= 15 is 8.78 Å². The number of fused-ring (bicyclic) bond motifs is 1. The number of hydrogen-bond donors (Lipinski definition) is 4. The van der Waals surface area contributed by atoms with Gasteiger partial charge in [-0.05, 0) is 75.1 Å². The maximum atomic E-state index is 16.5. The lowest BCUT2D eigenvalue weighted by Crippen LogP contribution is -2.54. The standard InChI is InChI=1S/C41H44ClF2N9O6/c42-28-19-27(4-1-24(28)21-45)59-26-5-2-25(3-6-26)48-38(55)30(46)7-9-33(47)52-13-11-23(12-14-52)22-50-15-17-51(18-16-50)32-20-29(43)35-36(37(32)44)41(58)53(40(35)57)31-8-10-34(54)49-39(31)56/h1,4,7,9,19-20,23,25-26,31,46-47H,2-3,5-6,8,10-18,22H2,(H,48,55)(H,49,54,56)/b9-7-,46-30?,47-33?/i15D2,16D2,17D2,18D2. The molecule has 15 nitrogen and oxygen atoms in total. The van der Waals surface area contributed by atoms with E-state index in [0.717, 1.165) is 0 Å². The Morgan fingerprint density at radius 3 is 2.34 bits per heavy atom. The van der Waals surface area contributed by atoms with Gasteiger partial charge in [-0.15, -0.1) is 0 Å². The molecule has 1 aliphatic carbocycles. The number of benzene rings is 2. The van der Waals surface area contributed by atoms with Crippen LogP contribution in [0.2, 0.25) is 5.02 Å². The van der Waals surface area contributed by atoms with Gasteiger partial charge >= 0.3 is 0 Å². The van der Waals surface area contributed by atoms with Gasteiger partial charge in [0, 0.05) is 75.7 Å². The van der Waals surface area contributed by atoms with Gasteiger partial charge in [0.25, 0.3) is 17.7 Å². The van der Waals surface area contributed by atoms with Gasteiger partial charge < -0.3 is 19.9 Å². The number of amidine groups is 1. The van der Waals surface area contributed by atoms with Gasteiger partial charge in [0.15, 0.2) is 5.82 Å². The Kier molecular flexibility index (Phi) is 9.61. The Balaban J connectivity index is 0.961. The molecule has 1 unspecified atom stereocenters. The van der Waals surface area contributed by atoms with Crippen LogP contribution < -0.4 is 20.3 Å². The Labute approximate surface area is 355 Å². The molecule has 4 aliphatic heterocycles. The van der Waals surface area contributed by atoms with E-state index in [1.165, 1.54) is 12.2 Å². The molecule has 18 heteroatoms. The number of likely N-dealkylation sites (tertiary alicyclic amines) is 1. The highest BCUT2D eigenvalue weighted by molar-refractivity contribution is 6.42. The van der Waals surface area contributed by atoms with Gasteiger partial charge in [-0.2, -0.15) is 5.26 Å². The number of piperazine rings is 1. The fourth-order valence-electron chi connectivity index (χ4n) is 7.62. The fraction of sp³-hybridized carbons (Fsp3) is 0.463. The number of anilines is 1. The van der Waals surface area contributed by atoms with Gasteiger partial charge in [-0.25, -0.2) is 8.78 Å². The Hall–Kier alpha value is -5.73. The number of nitriles is 1. The number of rotatable bonds is 10. The van der Waals surface area contributed by atoms with Gasteiger partial charge in [0.05, 0.1) is 39.0 Å². The zero-order valence-corrected chi connectivity index (χ0v) is 32.1. The van der Waals surface area contributed by atoms with Gasteiger partial charge in [0.2, 0.25) is 11.8 Å². The third-order valence-electron chi connectivity index (χ3n) is 10.8. The largest absolute Gasteiger partial charge is 0.490 e. The number of carbonyl (C=O) groups excluding carboxylic acids is 5. The van der Waals surface area contributed by atoms with Crippen LogP contribution in [-0.4, -0.2) is 120 Å². The normalized spacial score (nSPS) is 28.4. The number of nitrogens with zero attached hydrogens (tertiary/aromatic N) is 5. The van der Waals surface area contributed by atoms with Crippen LogP contribution in [0, 0.1) is 39.7 Å². The molecule has 0 bridgehead atoms. The molecule has 4 N–H and O–H groups in total. The molecule has 1 saturated carbocycles. The second-order valence-electron chi connectivity index (χ2n) is 14.7. The first-order chi connectivity index (χ1) is 31.3. The van der Waals surface area contributed by atoms with Crippen molar-refractivity contribution in [2.24, 2.45) is 5.92 Å². The van der Waals surface area contributed by atoms with Crippen LogP contribution in [0.4, 0.5) is 14.5 Å². The average Bonchev–Trinajstić information content (AvgIpc) is 3.53. The number of hydrogen-bond acceptors (Lipinski definition) is 11. The molecule has 4 heterocycles. The summed E-state index contributed by atoms with van der Waals surface area (Å²) in [5.74, 6) is -9.11. The summed E-state index contributed by atoms with van der Waals surface area (Å²) in [5.41, 5.74) is -3.93. The van der Waals surface area contributed by atoms with Crippen molar-refractivity contribution in [3.05, 3.63) is 69.8 Å². The van der Waals surface area contributed by atoms with E-state index in [9.17, 15) is 24.0 Å². The zero-order chi connectivity index (χ0) is 49.1. The predicted molar refractivity (Wildman–Crippen MR) is 212 cm³/mol. The van der Waals surface area contributed by atoms with E-state index in [2.05, 4.69) is 5.32 Å². The fourth-order valence-corrected chi connectivity index (χ4v) is 7.83. The maximum Gasteiger partial charge on any atom is 0.269 e. The first-order valence-corrected chi connectivity index (χ1v) is 19.3. The van der Waals surface area contributed by atoms with Gasteiger partial charge in [-0.3, -0.25) is 49.9 Å². The molecule has 1 atom stereocenters. The molecule has 7 rings (SSSR count). The monoisotopic (exact) mass is 839 g/mol. The lowest BCUT2D eigenvalue weighted by Gasteiger charge is -2.40. The summed E-state index contributed by atoms with van der Waals surface area (Å²) in [6.07, 6.45) is 4.42. The van der Waals surface area contributed by atoms with Crippen molar-refractivity contribution in [1.82, 2.24) is 25.3 Å². The number of halogens is 3. The van der Waals surface area contributed by atoms with E-state index in [1.54, 1.807) is 23.1 Å². The second-order valence-corrected chi connectivity index (χ2v) is 15.1. The Morgan fingerprint density at radius 1 is 0.983 bits per heavy atom. The van der Waals surface area contributed by atoms with E-state index in [4.69, 9.17) is 43.4 Å². The summed E-state index contributed by atoms with van der Waals surface area (Å²) in [6.45, 7) is -14.6. The van der Waals surface area contributed by atoms with Crippen molar-refractivity contribution >= 4 is 58.4 Å². The molecule has 2 aromatic carbocycles. The Bertz CT molecular complexity index is 2500. The van der Waals surface area contributed by atoms with Crippen molar-refractivity contribution in [3.63, 3.8) is 0 Å². The number of imide groups is 2. The van der Waals surface area contributed by atoms with Crippen LogP contribution in [0.25, 0.3) is 0 Å². The molecular weight excluding hydrogens is 788 g/mol. The lowest BCUT2D eigenvalue weighted by atomic mass is 9.92. The SMILES string of the molecule is [2H]C1([2H])N(CC2CCN(C(=N)/C=C\C(=N)C(=O)NC3CCC(Oc4ccc(C#N)c(Cl)c4)CC3)CC2)C([2H])([2H])C([2H])([2H])N(c2cc(F)c3c(c2F)C(=O)N(C2CCC(=O)NC2=O)C3=O)C1([2H])[2H]. The number of carbonyl (C=O) groups is 5. The van der Waals surface area contributed by atoms with Crippen molar-refractivity contribution in [1.29, 1.82) is 16.1 Å². The number of piperidine rings is 2. The van der Waals surface area contributed by atoms with Gasteiger partial charge in [0.1, 0.15) is 35.2 Å². The molecule has 4 fully saturated rings. The highest BCUT2D eigenvalue weighted by Crippen LogP contribution is 2.36. The summed E-state index contributed by atoms with van der Waals surface area (Å²) < 4.78 is 109. The van der Waals surface area contributed by atoms with E-state index in [0.29, 0.717) is 41.9 Å². The molecule has 0 aromatic heterocycles. The minimum absolute atomic E-state index is 0.0625. The highest BCUT2D eigenvalue weighted by Gasteiger charge is 2.48. The first kappa shape index (κ1) is 32.2. The van der Waals surface area contributed by atoms with Crippen molar-refractivity contribution in [3.8, 4) is 11.8 Å². The topological polar surface area (TPSA) is 203 Å². The zero-order valence-electron chi connectivity index (χ0n) is 39.4. The maximum absolute atomic E-state index is 16.5. The van der Waals surface area contributed by atoms with Crippen LogP contribution >= 0.6 is 11.6 Å². The van der Waals surface area contributed by atoms with Crippen LogP contribution in [0.5, 0.6) is 5.75 Å². The summed E-state index contributed by atoms with van der Waals surface area (Å²) in [5, 5.41) is 30.9. The smallest absolute Gasteiger partial charge is 0.269 e. The summed E-state index contributed by atoms with van der Waals surface area (Å²) >= 11 is 6.10. The van der Waals surface area contributed by atoms with E-state index in [1.807, 2.05) is 11.4 Å². The van der Waals surface area contributed by atoms with Crippen molar-refractivity contribution in [2.45, 2.75) is 69.6 Å². The highest BCUT2D eigenvalue weighted by atomic mass is 35.5. The summed E-state index contributed by atoms with van der Waals surface area (Å²) in [4.78, 5) is 65.7. The minimum atomic E-state index is -3.70. The molecule has 3 saturated heterocycles. The third-order valence-corrected chi connectivity index (χ3v) is 11.2. The van der Waals surface area contributed by atoms with Crippen LogP contribution in [0.15, 0.2) is 36.4 Å². The first-order valence-electron chi connectivity index (χ1n) is 22.9. The molecule has 5 aliphatic rings. The predicted octanol–water partition coefficient (Wildman–Crippen LogP) is 3.78.